The first kappa shape index (κ1) is 44.4. The second kappa shape index (κ2) is 34.7. The highest BCUT2D eigenvalue weighted by molar-refractivity contribution is 5.83. The molecule has 7 heteroatoms. The Labute approximate surface area is 284 Å². The first-order valence-electron chi connectivity index (χ1n) is 19.9. The van der Waals surface area contributed by atoms with Gasteiger partial charge in [-0.3, -0.25) is 9.59 Å². The Kier molecular flexibility index (Phi) is 33.5. The van der Waals surface area contributed by atoms with Crippen LogP contribution in [0.4, 0.5) is 0 Å². The molecule has 0 aromatic rings. The van der Waals surface area contributed by atoms with Gasteiger partial charge in [0.25, 0.3) is 0 Å². The van der Waals surface area contributed by atoms with Crippen molar-refractivity contribution in [1.82, 2.24) is 5.32 Å². The second-order valence-corrected chi connectivity index (χ2v) is 13.7. The molecule has 1 amide bonds. The monoisotopic (exact) mass is 653 g/mol. The number of carboxylic acids is 1. The Morgan fingerprint density at radius 2 is 0.935 bits per heavy atom. The van der Waals surface area contributed by atoms with Gasteiger partial charge in [-0.1, -0.05) is 149 Å². The van der Waals surface area contributed by atoms with Gasteiger partial charge in [0, 0.05) is 12.8 Å². The average molecular weight is 653 g/mol. The molecule has 7 nitrogen and oxygen atoms in total. The summed E-state index contributed by atoms with van der Waals surface area (Å²) in [4.78, 5) is 36.2. The summed E-state index contributed by atoms with van der Waals surface area (Å²) < 4.78 is 5.97. The van der Waals surface area contributed by atoms with Crippen LogP contribution in [0, 0.1) is 0 Å². The third-order valence-corrected chi connectivity index (χ3v) is 9.17. The number of unbranched alkanes of at least 4 members (excludes halogenated alkanes) is 22. The van der Waals surface area contributed by atoms with E-state index in [4.69, 9.17) is 10.5 Å². The van der Waals surface area contributed by atoms with Crippen molar-refractivity contribution in [2.45, 2.75) is 225 Å². The zero-order valence-electron chi connectivity index (χ0n) is 30.4. The fraction of sp³-hybridized carbons (Fsp3) is 0.923. The van der Waals surface area contributed by atoms with Crippen LogP contribution >= 0.6 is 0 Å². The van der Waals surface area contributed by atoms with Crippen LogP contribution in [0.15, 0.2) is 0 Å². The summed E-state index contributed by atoms with van der Waals surface area (Å²) in [6.45, 7) is 4.92. The van der Waals surface area contributed by atoms with E-state index in [1.165, 1.54) is 116 Å². The number of nitrogens with two attached hydrogens (primary N) is 1. The molecule has 0 saturated heterocycles. The lowest BCUT2D eigenvalue weighted by Gasteiger charge is -2.18. The number of carboxylic acid groups (broad SMARTS) is 1. The van der Waals surface area contributed by atoms with Gasteiger partial charge in [0.1, 0.15) is 12.1 Å². The number of amides is 1. The predicted octanol–water partition coefficient (Wildman–Crippen LogP) is 10.6. The van der Waals surface area contributed by atoms with E-state index in [0.717, 1.165) is 57.8 Å². The number of hydrogen-bond acceptors (Lipinski definition) is 5. The van der Waals surface area contributed by atoms with Crippen LogP contribution in [0.5, 0.6) is 0 Å². The second-order valence-electron chi connectivity index (χ2n) is 13.7. The highest BCUT2D eigenvalue weighted by Gasteiger charge is 2.19. The van der Waals surface area contributed by atoms with Crippen molar-refractivity contribution in [3.05, 3.63) is 0 Å². The molecule has 0 aliphatic rings. The van der Waals surface area contributed by atoms with Crippen LogP contribution in [0.1, 0.15) is 213 Å². The van der Waals surface area contributed by atoms with Gasteiger partial charge in [-0.15, -0.1) is 0 Å². The van der Waals surface area contributed by atoms with Crippen molar-refractivity contribution in [2.24, 2.45) is 5.73 Å². The summed E-state index contributed by atoms with van der Waals surface area (Å²) in [6, 6.07) is -0.858. The van der Waals surface area contributed by atoms with Crippen LogP contribution in [0.3, 0.4) is 0 Å². The Morgan fingerprint density at radius 1 is 0.543 bits per heavy atom. The molecular formula is C39H76N2O5. The molecule has 0 aliphatic carbocycles. The molecule has 272 valence electrons. The molecule has 0 saturated carbocycles. The van der Waals surface area contributed by atoms with Gasteiger partial charge in [0.05, 0.1) is 0 Å². The van der Waals surface area contributed by atoms with Gasteiger partial charge >= 0.3 is 11.9 Å². The summed E-state index contributed by atoms with van der Waals surface area (Å²) in [5.74, 6) is -1.25. The topological polar surface area (TPSA) is 119 Å². The molecular weight excluding hydrogens is 576 g/mol. The van der Waals surface area contributed by atoms with Crippen molar-refractivity contribution < 1.29 is 24.2 Å². The SMILES string of the molecule is CCCCCCCCCCCCCCCCCC(=O)OC(CCCCCCCC)CCCCCCC(=O)NC(CCCN)C(=O)O. The van der Waals surface area contributed by atoms with Gasteiger partial charge in [-0.25, -0.2) is 4.79 Å². The molecule has 46 heavy (non-hydrogen) atoms. The van der Waals surface area contributed by atoms with Crippen molar-refractivity contribution >= 4 is 17.8 Å². The molecule has 0 heterocycles. The van der Waals surface area contributed by atoms with E-state index in [0.29, 0.717) is 32.2 Å². The fourth-order valence-corrected chi connectivity index (χ4v) is 6.16. The van der Waals surface area contributed by atoms with E-state index in [9.17, 15) is 19.5 Å². The van der Waals surface area contributed by atoms with Crippen LogP contribution in [0.25, 0.3) is 0 Å². The highest BCUT2D eigenvalue weighted by atomic mass is 16.5. The number of ether oxygens (including phenoxy) is 1. The molecule has 0 aliphatic heterocycles. The Balaban J connectivity index is 4.11. The van der Waals surface area contributed by atoms with Crippen molar-refractivity contribution in [3.8, 4) is 0 Å². The third-order valence-electron chi connectivity index (χ3n) is 9.17. The fourth-order valence-electron chi connectivity index (χ4n) is 6.16. The maximum atomic E-state index is 12.7. The molecule has 0 spiro atoms. The van der Waals surface area contributed by atoms with E-state index >= 15 is 0 Å². The summed E-state index contributed by atoms with van der Waals surface area (Å²) >= 11 is 0. The van der Waals surface area contributed by atoms with Crippen molar-refractivity contribution in [2.75, 3.05) is 6.54 Å². The Hall–Kier alpha value is -1.63. The smallest absolute Gasteiger partial charge is 0.326 e. The minimum Gasteiger partial charge on any atom is -0.480 e. The van der Waals surface area contributed by atoms with Gasteiger partial charge in [0.15, 0.2) is 0 Å². The first-order chi connectivity index (χ1) is 22.4. The van der Waals surface area contributed by atoms with E-state index in [1.807, 2.05) is 0 Å². The molecule has 0 fully saturated rings. The normalized spacial score (nSPS) is 12.6. The molecule has 4 N–H and O–H groups in total. The summed E-state index contributed by atoms with van der Waals surface area (Å²) in [5, 5.41) is 11.9. The quantitative estimate of drug-likeness (QED) is 0.0458. The van der Waals surface area contributed by atoms with Crippen molar-refractivity contribution in [3.63, 3.8) is 0 Å². The van der Waals surface area contributed by atoms with Gasteiger partial charge < -0.3 is 20.9 Å². The van der Waals surface area contributed by atoms with Crippen LogP contribution in [0.2, 0.25) is 0 Å². The number of carbonyl (C=O) groups excluding carboxylic acids is 2. The lowest BCUT2D eigenvalue weighted by molar-refractivity contribution is -0.150. The molecule has 0 aromatic carbocycles. The largest absolute Gasteiger partial charge is 0.480 e. The number of nitrogens with one attached hydrogen (secondary N) is 1. The van der Waals surface area contributed by atoms with Crippen molar-refractivity contribution in [1.29, 1.82) is 0 Å². The number of rotatable bonds is 36. The predicted molar refractivity (Wildman–Crippen MR) is 193 cm³/mol. The van der Waals surface area contributed by atoms with E-state index in [1.54, 1.807) is 0 Å². The number of hydrogen-bond donors (Lipinski definition) is 3. The maximum Gasteiger partial charge on any atom is 0.326 e. The van der Waals surface area contributed by atoms with Gasteiger partial charge in [-0.05, 0) is 57.9 Å². The van der Waals surface area contributed by atoms with Crippen LogP contribution in [-0.4, -0.2) is 41.6 Å². The van der Waals surface area contributed by atoms with Crippen LogP contribution < -0.4 is 11.1 Å². The zero-order valence-corrected chi connectivity index (χ0v) is 30.4. The molecule has 0 rings (SSSR count). The number of esters is 1. The average Bonchev–Trinajstić information content (AvgIpc) is 3.04. The maximum absolute atomic E-state index is 12.7. The zero-order chi connectivity index (χ0) is 33.9. The van der Waals surface area contributed by atoms with Gasteiger partial charge in [-0.2, -0.15) is 0 Å². The van der Waals surface area contributed by atoms with E-state index < -0.39 is 12.0 Å². The minimum atomic E-state index is -1.01. The summed E-state index contributed by atoms with van der Waals surface area (Å²) in [5.41, 5.74) is 5.47. The standard InChI is InChI=1S/C39H76N2O5/c1-3-5-7-9-11-12-13-14-15-16-17-18-19-21-27-33-38(43)46-35(29-24-20-10-8-6-4-2)30-25-22-23-26-32-37(42)41-36(39(44)45)31-28-34-40/h35-36H,3-34,40H2,1-2H3,(H,41,42)(H,44,45). The van der Waals surface area contributed by atoms with E-state index in [2.05, 4.69) is 19.2 Å². The summed E-state index contributed by atoms with van der Waals surface area (Å²) in [7, 11) is 0. The van der Waals surface area contributed by atoms with E-state index in [-0.39, 0.29) is 18.0 Å². The Bertz CT molecular complexity index is 702. The molecule has 0 bridgehead atoms. The molecule has 2 unspecified atom stereocenters. The number of aliphatic carboxylic acids is 1. The van der Waals surface area contributed by atoms with Crippen LogP contribution in [-0.2, 0) is 19.1 Å². The lowest BCUT2D eigenvalue weighted by atomic mass is 10.0. The minimum absolute atomic E-state index is 0.00261. The number of carbonyl (C=O) groups is 3. The first-order valence-corrected chi connectivity index (χ1v) is 19.9. The Morgan fingerprint density at radius 3 is 1.35 bits per heavy atom. The molecule has 2 atom stereocenters. The lowest BCUT2D eigenvalue weighted by Crippen LogP contribution is -2.40. The summed E-state index contributed by atoms with van der Waals surface area (Å²) in [6.07, 6.45) is 34.4. The molecule has 0 radical (unpaired) electrons. The van der Waals surface area contributed by atoms with Gasteiger partial charge in [0.2, 0.25) is 5.91 Å². The highest BCUT2D eigenvalue weighted by Crippen LogP contribution is 2.19. The third kappa shape index (κ3) is 31.0. The molecule has 0 aromatic heterocycles.